The van der Waals surface area contributed by atoms with Crippen LogP contribution in [0.3, 0.4) is 0 Å². The number of nitrogens with zero attached hydrogens (tertiary/aromatic N) is 3. The van der Waals surface area contributed by atoms with E-state index >= 15 is 0 Å². The molecule has 0 fully saturated rings. The summed E-state index contributed by atoms with van der Waals surface area (Å²) in [6.45, 7) is 0. The molecule has 0 aliphatic rings. The van der Waals surface area contributed by atoms with Crippen molar-refractivity contribution < 1.29 is 20.1 Å². The van der Waals surface area contributed by atoms with E-state index < -0.39 is 0 Å². The zero-order valence-electron chi connectivity index (χ0n) is 16.0. The fraction of sp³-hybridized carbons (Fsp3) is 0. The molecule has 0 amide bonds. The zero-order chi connectivity index (χ0) is 19.5. The van der Waals surface area contributed by atoms with Crippen molar-refractivity contribution >= 4 is 27.2 Å². The standard InChI is InChI=1S/C15H10N.C11H7N2.Ir/c1-2-8-13-12(6-1)7-5-9-14(13)15-10-3-4-11-16-15;1-2-4-10-9(3-1)5-7-13-8-6-12-11(10)13;/h1-8,10-11H;1-3,5-8H;/q2*-1;. The molecule has 0 saturated carbocycles. The minimum absolute atomic E-state index is 0. The molecule has 6 rings (SSSR count). The molecule has 3 heterocycles. The average Bonchev–Trinajstić information content (AvgIpc) is 3.29. The average molecular weight is 564 g/mol. The summed E-state index contributed by atoms with van der Waals surface area (Å²) in [6.07, 6.45) is 7.56. The molecule has 6 aromatic rings. The molecule has 3 aromatic heterocycles. The molecule has 30 heavy (non-hydrogen) atoms. The van der Waals surface area contributed by atoms with Gasteiger partial charge in [-0.1, -0.05) is 47.9 Å². The maximum Gasteiger partial charge on any atom is 0.0603 e. The summed E-state index contributed by atoms with van der Waals surface area (Å²) in [6, 6.07) is 32.8. The first kappa shape index (κ1) is 20.0. The van der Waals surface area contributed by atoms with Gasteiger partial charge in [-0.15, -0.1) is 64.2 Å². The van der Waals surface area contributed by atoms with Gasteiger partial charge < -0.3 is 9.38 Å². The molecule has 0 aliphatic heterocycles. The van der Waals surface area contributed by atoms with Crippen molar-refractivity contribution in [3.05, 3.63) is 116 Å². The molecule has 0 N–H and O–H groups in total. The molecule has 0 aliphatic carbocycles. The van der Waals surface area contributed by atoms with Gasteiger partial charge in [0, 0.05) is 38.7 Å². The molecule has 147 valence electrons. The van der Waals surface area contributed by atoms with Crippen LogP contribution in [0.1, 0.15) is 0 Å². The number of benzene rings is 3. The summed E-state index contributed by atoms with van der Waals surface area (Å²) >= 11 is 0. The quantitative estimate of drug-likeness (QED) is 0.230. The summed E-state index contributed by atoms with van der Waals surface area (Å²) in [5, 5.41) is 4.68. The van der Waals surface area contributed by atoms with Gasteiger partial charge in [0.15, 0.2) is 0 Å². The molecule has 3 aromatic carbocycles. The summed E-state index contributed by atoms with van der Waals surface area (Å²) in [7, 11) is 0. The first-order chi connectivity index (χ1) is 14.4. The molecule has 0 spiro atoms. The van der Waals surface area contributed by atoms with Crippen molar-refractivity contribution in [2.75, 3.05) is 0 Å². The Morgan fingerprint density at radius 1 is 0.667 bits per heavy atom. The van der Waals surface area contributed by atoms with Gasteiger partial charge in [0.2, 0.25) is 0 Å². The number of hydrogen-bond donors (Lipinski definition) is 0. The summed E-state index contributed by atoms with van der Waals surface area (Å²) in [5.74, 6) is 0. The third-order valence-corrected chi connectivity index (χ3v) is 4.84. The fourth-order valence-electron chi connectivity index (χ4n) is 3.46. The summed E-state index contributed by atoms with van der Waals surface area (Å²) < 4.78 is 2.00. The summed E-state index contributed by atoms with van der Waals surface area (Å²) in [5.41, 5.74) is 3.01. The van der Waals surface area contributed by atoms with E-state index in [9.17, 15) is 0 Å². The first-order valence-electron chi connectivity index (χ1n) is 9.43. The third kappa shape index (κ3) is 3.88. The van der Waals surface area contributed by atoms with Gasteiger partial charge in [-0.3, -0.25) is 4.98 Å². The number of hydrogen-bond acceptors (Lipinski definition) is 2. The Balaban J connectivity index is 0.000000143. The normalized spacial score (nSPS) is 10.4. The van der Waals surface area contributed by atoms with Crippen molar-refractivity contribution in [1.29, 1.82) is 0 Å². The minimum Gasteiger partial charge on any atom is -0.347 e. The fourth-order valence-corrected chi connectivity index (χ4v) is 3.46. The van der Waals surface area contributed by atoms with Gasteiger partial charge in [-0.2, -0.15) is 0 Å². The Hall–Kier alpha value is -3.33. The van der Waals surface area contributed by atoms with Gasteiger partial charge in [-0.05, 0) is 18.0 Å². The topological polar surface area (TPSA) is 30.2 Å². The second-order valence-electron chi connectivity index (χ2n) is 6.63. The van der Waals surface area contributed by atoms with Crippen LogP contribution in [0.15, 0.2) is 104 Å². The van der Waals surface area contributed by atoms with Crippen LogP contribution in [0.4, 0.5) is 0 Å². The Bertz CT molecular complexity index is 1400. The molecule has 1 radical (unpaired) electrons. The second kappa shape index (κ2) is 9.00. The molecule has 0 atom stereocenters. The van der Waals surface area contributed by atoms with E-state index in [0.29, 0.717) is 0 Å². The van der Waals surface area contributed by atoms with Gasteiger partial charge >= 0.3 is 0 Å². The minimum atomic E-state index is 0. The van der Waals surface area contributed by atoms with Crippen molar-refractivity contribution in [2.24, 2.45) is 0 Å². The predicted molar refractivity (Wildman–Crippen MR) is 118 cm³/mol. The molecular weight excluding hydrogens is 547 g/mol. The maximum absolute atomic E-state index is 4.37. The Labute approximate surface area is 188 Å². The Morgan fingerprint density at radius 3 is 2.43 bits per heavy atom. The van der Waals surface area contributed by atoms with E-state index in [1.54, 1.807) is 6.20 Å². The third-order valence-electron chi connectivity index (χ3n) is 4.84. The van der Waals surface area contributed by atoms with Crippen molar-refractivity contribution in [3.63, 3.8) is 0 Å². The van der Waals surface area contributed by atoms with Gasteiger partial charge in [-0.25, -0.2) is 0 Å². The Morgan fingerprint density at radius 2 is 1.53 bits per heavy atom. The predicted octanol–water partition coefficient (Wildman–Crippen LogP) is 5.99. The number of aromatic nitrogens is 3. The van der Waals surface area contributed by atoms with Crippen LogP contribution in [-0.2, 0) is 20.1 Å². The van der Waals surface area contributed by atoms with Crippen molar-refractivity contribution in [1.82, 2.24) is 14.4 Å². The maximum atomic E-state index is 4.37. The van der Waals surface area contributed by atoms with Gasteiger partial charge in [0.1, 0.15) is 0 Å². The van der Waals surface area contributed by atoms with Crippen molar-refractivity contribution in [3.8, 4) is 11.3 Å². The van der Waals surface area contributed by atoms with Crippen LogP contribution in [0, 0.1) is 12.1 Å². The second-order valence-corrected chi connectivity index (χ2v) is 6.63. The van der Waals surface area contributed by atoms with E-state index in [0.717, 1.165) is 22.3 Å². The molecule has 0 bridgehead atoms. The molecule has 3 nitrogen and oxygen atoms in total. The van der Waals surface area contributed by atoms with Crippen molar-refractivity contribution in [2.45, 2.75) is 0 Å². The Kier molecular flexibility index (Phi) is 5.99. The van der Waals surface area contributed by atoms with E-state index in [-0.39, 0.29) is 20.1 Å². The molecule has 0 unspecified atom stereocenters. The van der Waals surface area contributed by atoms with E-state index in [4.69, 9.17) is 0 Å². The first-order valence-corrected chi connectivity index (χ1v) is 9.43. The monoisotopic (exact) mass is 564 g/mol. The molecular formula is C26H17IrN3-2. The SMILES string of the molecule is [Ir].[c-]1ccc2ccccc2c1-c1ccccn1.[c-]1cccc2ccn3ccnc3c12. The van der Waals surface area contributed by atoms with Crippen LogP contribution >= 0.6 is 0 Å². The largest absolute Gasteiger partial charge is 0.347 e. The zero-order valence-corrected chi connectivity index (χ0v) is 18.4. The van der Waals surface area contributed by atoms with Gasteiger partial charge in [0.05, 0.1) is 5.65 Å². The van der Waals surface area contributed by atoms with Crippen LogP contribution in [0.25, 0.3) is 38.4 Å². The summed E-state index contributed by atoms with van der Waals surface area (Å²) in [4.78, 5) is 8.65. The van der Waals surface area contributed by atoms with Crippen LogP contribution in [-0.4, -0.2) is 14.4 Å². The molecule has 0 saturated heterocycles. The number of fused-ring (bicyclic) bond motifs is 4. The number of rotatable bonds is 1. The number of imidazole rings is 1. The smallest absolute Gasteiger partial charge is 0.0603 e. The van der Waals surface area contributed by atoms with E-state index in [1.165, 1.54) is 16.2 Å². The molecule has 4 heteroatoms. The number of pyridine rings is 2. The van der Waals surface area contributed by atoms with E-state index in [1.807, 2.05) is 71.5 Å². The van der Waals surface area contributed by atoms with Crippen LogP contribution < -0.4 is 0 Å². The van der Waals surface area contributed by atoms with Crippen LogP contribution in [0.2, 0.25) is 0 Å². The van der Waals surface area contributed by atoms with E-state index in [2.05, 4.69) is 52.4 Å². The van der Waals surface area contributed by atoms with Crippen LogP contribution in [0.5, 0.6) is 0 Å². The van der Waals surface area contributed by atoms with Gasteiger partial charge in [0.25, 0.3) is 0 Å².